The third kappa shape index (κ3) is 3.37. The molecule has 24 heavy (non-hydrogen) atoms. The minimum absolute atomic E-state index is 0.0274. The van der Waals surface area contributed by atoms with E-state index in [2.05, 4.69) is 9.97 Å². The van der Waals surface area contributed by atoms with Gasteiger partial charge in [-0.25, -0.2) is 4.98 Å². The van der Waals surface area contributed by atoms with Crippen LogP contribution in [-0.2, 0) is 6.18 Å². The van der Waals surface area contributed by atoms with Crippen molar-refractivity contribution in [2.24, 2.45) is 0 Å². The molecule has 0 atom stereocenters. The molecular formula is C16H10ClF3N2OS. The van der Waals surface area contributed by atoms with E-state index in [0.717, 1.165) is 28.0 Å². The van der Waals surface area contributed by atoms with Crippen molar-refractivity contribution in [3.63, 3.8) is 0 Å². The SMILES string of the molecule is Cc1ccc(/C=C(\Cl)c2nc3cc(C(F)(F)F)ccc3c(=O)[nH]2)s1. The summed E-state index contributed by atoms with van der Waals surface area (Å²) in [5.74, 6) is 0.0274. The van der Waals surface area contributed by atoms with E-state index in [0.29, 0.717) is 0 Å². The zero-order valence-electron chi connectivity index (χ0n) is 12.2. The van der Waals surface area contributed by atoms with E-state index >= 15 is 0 Å². The second kappa shape index (κ2) is 6.07. The van der Waals surface area contributed by atoms with Crippen molar-refractivity contribution in [2.75, 3.05) is 0 Å². The minimum Gasteiger partial charge on any atom is -0.305 e. The van der Waals surface area contributed by atoms with E-state index in [4.69, 9.17) is 11.6 Å². The zero-order valence-corrected chi connectivity index (χ0v) is 13.8. The lowest BCUT2D eigenvalue weighted by Gasteiger charge is -2.08. The number of rotatable bonds is 2. The summed E-state index contributed by atoms with van der Waals surface area (Å²) in [5, 5.41) is 0.219. The van der Waals surface area contributed by atoms with Gasteiger partial charge in [-0.3, -0.25) is 4.79 Å². The van der Waals surface area contributed by atoms with E-state index in [1.54, 1.807) is 6.08 Å². The Morgan fingerprint density at radius 1 is 1.29 bits per heavy atom. The molecule has 0 fully saturated rings. The van der Waals surface area contributed by atoms with Crippen LogP contribution in [0.15, 0.2) is 35.1 Å². The molecule has 0 bridgehead atoms. The van der Waals surface area contributed by atoms with Crippen molar-refractivity contribution in [1.82, 2.24) is 9.97 Å². The topological polar surface area (TPSA) is 45.8 Å². The van der Waals surface area contributed by atoms with Gasteiger partial charge in [0.25, 0.3) is 5.56 Å². The second-order valence-corrected chi connectivity index (χ2v) is 6.81. The molecule has 2 aromatic heterocycles. The Balaban J connectivity index is 2.12. The smallest absolute Gasteiger partial charge is 0.305 e. The van der Waals surface area contributed by atoms with Gasteiger partial charge >= 0.3 is 6.18 Å². The molecule has 1 aromatic carbocycles. The Kier molecular flexibility index (Phi) is 4.23. The number of nitrogens with zero attached hydrogens (tertiary/aromatic N) is 1. The van der Waals surface area contributed by atoms with Crippen molar-refractivity contribution in [1.29, 1.82) is 0 Å². The van der Waals surface area contributed by atoms with Gasteiger partial charge in [-0.2, -0.15) is 13.2 Å². The molecule has 2 heterocycles. The van der Waals surface area contributed by atoms with Crippen LogP contribution < -0.4 is 5.56 Å². The molecule has 0 radical (unpaired) electrons. The quantitative estimate of drug-likeness (QED) is 0.686. The maximum atomic E-state index is 12.8. The summed E-state index contributed by atoms with van der Waals surface area (Å²) in [4.78, 5) is 20.6. The molecule has 0 spiro atoms. The lowest BCUT2D eigenvalue weighted by atomic mass is 10.1. The average molecular weight is 371 g/mol. The lowest BCUT2D eigenvalue weighted by molar-refractivity contribution is -0.137. The van der Waals surface area contributed by atoms with Crippen LogP contribution >= 0.6 is 22.9 Å². The first kappa shape index (κ1) is 16.7. The number of hydrogen-bond donors (Lipinski definition) is 1. The van der Waals surface area contributed by atoms with Crippen LogP contribution in [0.2, 0.25) is 0 Å². The average Bonchev–Trinajstić information content (AvgIpc) is 2.90. The molecule has 0 aliphatic heterocycles. The molecule has 3 nitrogen and oxygen atoms in total. The van der Waals surface area contributed by atoms with Gasteiger partial charge in [0, 0.05) is 9.75 Å². The predicted octanol–water partition coefficient (Wildman–Crippen LogP) is 5.05. The van der Waals surface area contributed by atoms with Crippen molar-refractivity contribution in [2.45, 2.75) is 13.1 Å². The number of fused-ring (bicyclic) bond motifs is 1. The summed E-state index contributed by atoms with van der Waals surface area (Å²) >= 11 is 7.66. The van der Waals surface area contributed by atoms with Gasteiger partial charge in [0.15, 0.2) is 5.82 Å². The van der Waals surface area contributed by atoms with Gasteiger partial charge in [-0.05, 0) is 43.3 Å². The Morgan fingerprint density at radius 3 is 2.67 bits per heavy atom. The van der Waals surface area contributed by atoms with Crippen LogP contribution in [0.5, 0.6) is 0 Å². The summed E-state index contributed by atoms with van der Waals surface area (Å²) in [6.07, 6.45) is -2.90. The Morgan fingerprint density at radius 2 is 2.04 bits per heavy atom. The van der Waals surface area contributed by atoms with Gasteiger partial charge in [0.2, 0.25) is 0 Å². The third-order valence-electron chi connectivity index (χ3n) is 3.29. The molecule has 3 aromatic rings. The number of aromatic nitrogens is 2. The first-order chi connectivity index (χ1) is 11.2. The van der Waals surface area contributed by atoms with E-state index < -0.39 is 17.3 Å². The number of aryl methyl sites for hydroxylation is 1. The first-order valence-electron chi connectivity index (χ1n) is 6.79. The van der Waals surface area contributed by atoms with Crippen LogP contribution in [0.3, 0.4) is 0 Å². The van der Waals surface area contributed by atoms with Crippen LogP contribution in [0.1, 0.15) is 21.1 Å². The van der Waals surface area contributed by atoms with E-state index in [1.807, 2.05) is 19.1 Å². The minimum atomic E-state index is -4.51. The fourth-order valence-electron chi connectivity index (χ4n) is 2.15. The lowest BCUT2D eigenvalue weighted by Crippen LogP contribution is -2.12. The number of halogens is 4. The molecule has 0 aliphatic rings. The zero-order chi connectivity index (χ0) is 17.5. The number of hydrogen-bond acceptors (Lipinski definition) is 3. The van der Waals surface area contributed by atoms with Gasteiger partial charge in [-0.1, -0.05) is 11.6 Å². The summed E-state index contributed by atoms with van der Waals surface area (Å²) in [7, 11) is 0. The van der Waals surface area contributed by atoms with Crippen molar-refractivity contribution in [3.05, 3.63) is 61.8 Å². The van der Waals surface area contributed by atoms with Gasteiger partial charge < -0.3 is 4.98 Å². The van der Waals surface area contributed by atoms with Crippen LogP contribution in [-0.4, -0.2) is 9.97 Å². The van der Waals surface area contributed by atoms with Crippen molar-refractivity contribution >= 4 is 44.9 Å². The van der Waals surface area contributed by atoms with Gasteiger partial charge in [0.05, 0.1) is 21.5 Å². The number of benzene rings is 1. The normalized spacial score (nSPS) is 12.8. The molecule has 8 heteroatoms. The van der Waals surface area contributed by atoms with Gasteiger partial charge in [-0.15, -0.1) is 11.3 Å². The monoisotopic (exact) mass is 370 g/mol. The largest absolute Gasteiger partial charge is 0.416 e. The fraction of sp³-hybridized carbons (Fsp3) is 0.125. The highest BCUT2D eigenvalue weighted by Crippen LogP contribution is 2.31. The Labute approximate surface area is 143 Å². The van der Waals surface area contributed by atoms with Gasteiger partial charge in [0.1, 0.15) is 0 Å². The number of nitrogens with one attached hydrogen (secondary N) is 1. The number of alkyl halides is 3. The first-order valence-corrected chi connectivity index (χ1v) is 7.99. The summed E-state index contributed by atoms with van der Waals surface area (Å²) in [6.45, 7) is 1.94. The van der Waals surface area contributed by atoms with Crippen LogP contribution in [0, 0.1) is 6.92 Å². The molecule has 124 valence electrons. The fourth-order valence-corrected chi connectivity index (χ4v) is 3.25. The van der Waals surface area contributed by atoms with E-state index in [9.17, 15) is 18.0 Å². The Hall–Kier alpha value is -2.12. The predicted molar refractivity (Wildman–Crippen MR) is 90.1 cm³/mol. The summed E-state index contributed by atoms with van der Waals surface area (Å²) in [6, 6.07) is 6.56. The molecule has 0 aliphatic carbocycles. The number of thiophene rings is 1. The highest BCUT2D eigenvalue weighted by molar-refractivity contribution is 7.12. The third-order valence-corrected chi connectivity index (χ3v) is 4.53. The molecule has 3 rings (SSSR count). The number of aromatic amines is 1. The number of H-pyrrole nitrogens is 1. The highest BCUT2D eigenvalue weighted by Gasteiger charge is 2.30. The molecule has 0 unspecified atom stereocenters. The standard InChI is InChI=1S/C16H10ClF3N2OS/c1-8-2-4-10(24-8)7-12(17)14-21-13-6-9(16(18,19)20)3-5-11(13)15(23)22-14/h2-7H,1H3,(H,21,22,23)/b12-7-. The van der Waals surface area contributed by atoms with Crippen molar-refractivity contribution < 1.29 is 13.2 Å². The van der Waals surface area contributed by atoms with Crippen LogP contribution in [0.4, 0.5) is 13.2 Å². The van der Waals surface area contributed by atoms with Crippen molar-refractivity contribution in [3.8, 4) is 0 Å². The maximum Gasteiger partial charge on any atom is 0.416 e. The Bertz CT molecular complexity index is 1000. The summed E-state index contributed by atoms with van der Waals surface area (Å²) < 4.78 is 38.4. The van der Waals surface area contributed by atoms with E-state index in [1.165, 1.54) is 11.3 Å². The molecular weight excluding hydrogens is 361 g/mol. The van der Waals surface area contributed by atoms with E-state index in [-0.39, 0.29) is 21.8 Å². The molecule has 0 amide bonds. The summed E-state index contributed by atoms with van der Waals surface area (Å²) in [5.41, 5.74) is -1.47. The van der Waals surface area contributed by atoms with Crippen LogP contribution in [0.25, 0.3) is 22.0 Å². The maximum absolute atomic E-state index is 12.8. The molecule has 0 saturated carbocycles. The molecule has 1 N–H and O–H groups in total. The highest BCUT2D eigenvalue weighted by atomic mass is 35.5. The molecule has 0 saturated heterocycles. The second-order valence-electron chi connectivity index (χ2n) is 5.08.